The van der Waals surface area contributed by atoms with Crippen LogP contribution in [0, 0.1) is 12.3 Å². The van der Waals surface area contributed by atoms with Crippen molar-refractivity contribution in [2.45, 2.75) is 20.8 Å². The van der Waals surface area contributed by atoms with Gasteiger partial charge in [-0.2, -0.15) is 0 Å². The summed E-state index contributed by atoms with van der Waals surface area (Å²) in [6.45, 7) is 5.24. The van der Waals surface area contributed by atoms with Gasteiger partial charge in [-0.3, -0.25) is 4.79 Å². The number of aliphatic hydroxyl groups excluding tert-OH is 1. The van der Waals surface area contributed by atoms with Gasteiger partial charge in [-0.15, -0.1) is 0 Å². The number of hydrogen-bond donors (Lipinski definition) is 2. The predicted octanol–water partition coefficient (Wildman–Crippen LogP) is 1.95. The standard InChI is InChI=1S/C12H17NO2/c1-9-4-6-10(7-5-9)13-11(15)12(2,3)8-14/h4-7,14H,8H2,1-3H3,(H,13,15). The van der Waals surface area contributed by atoms with E-state index in [1.54, 1.807) is 13.8 Å². The minimum Gasteiger partial charge on any atom is -0.395 e. The Morgan fingerprint density at radius 2 is 1.87 bits per heavy atom. The maximum Gasteiger partial charge on any atom is 0.232 e. The van der Waals surface area contributed by atoms with Gasteiger partial charge in [0.05, 0.1) is 12.0 Å². The van der Waals surface area contributed by atoms with E-state index in [4.69, 9.17) is 5.11 Å². The lowest BCUT2D eigenvalue weighted by Gasteiger charge is -2.20. The van der Waals surface area contributed by atoms with Crippen LogP contribution in [0.3, 0.4) is 0 Å². The van der Waals surface area contributed by atoms with E-state index in [1.165, 1.54) is 0 Å². The van der Waals surface area contributed by atoms with Crippen molar-refractivity contribution in [2.75, 3.05) is 11.9 Å². The Bertz CT molecular complexity index is 341. The van der Waals surface area contributed by atoms with Gasteiger partial charge in [0.1, 0.15) is 0 Å². The lowest BCUT2D eigenvalue weighted by Crippen LogP contribution is -2.33. The van der Waals surface area contributed by atoms with Crippen LogP contribution < -0.4 is 5.32 Å². The summed E-state index contributed by atoms with van der Waals surface area (Å²) >= 11 is 0. The summed E-state index contributed by atoms with van der Waals surface area (Å²) in [6, 6.07) is 7.56. The molecule has 0 aromatic heterocycles. The van der Waals surface area contributed by atoms with Gasteiger partial charge >= 0.3 is 0 Å². The molecule has 1 amide bonds. The van der Waals surface area contributed by atoms with Gasteiger partial charge in [0.15, 0.2) is 0 Å². The normalized spacial score (nSPS) is 11.2. The molecular formula is C12H17NO2. The Morgan fingerprint density at radius 1 is 1.33 bits per heavy atom. The number of amides is 1. The number of hydrogen-bond acceptors (Lipinski definition) is 2. The number of nitrogens with one attached hydrogen (secondary N) is 1. The molecule has 15 heavy (non-hydrogen) atoms. The molecule has 0 unspecified atom stereocenters. The van der Waals surface area contributed by atoms with E-state index in [2.05, 4.69) is 5.32 Å². The number of anilines is 1. The molecule has 3 nitrogen and oxygen atoms in total. The molecule has 0 spiro atoms. The highest BCUT2D eigenvalue weighted by molar-refractivity contribution is 5.94. The Balaban J connectivity index is 2.71. The quantitative estimate of drug-likeness (QED) is 0.796. The molecule has 0 aliphatic rings. The van der Waals surface area contributed by atoms with Gasteiger partial charge < -0.3 is 10.4 Å². The third-order valence-electron chi connectivity index (χ3n) is 2.32. The minimum atomic E-state index is -0.745. The second-order valence-electron chi connectivity index (χ2n) is 4.36. The van der Waals surface area contributed by atoms with E-state index in [9.17, 15) is 4.79 Å². The van der Waals surface area contributed by atoms with E-state index >= 15 is 0 Å². The van der Waals surface area contributed by atoms with E-state index in [0.717, 1.165) is 11.3 Å². The Morgan fingerprint density at radius 3 is 2.33 bits per heavy atom. The maximum absolute atomic E-state index is 11.7. The van der Waals surface area contributed by atoms with Crippen molar-refractivity contribution in [3.05, 3.63) is 29.8 Å². The zero-order valence-corrected chi connectivity index (χ0v) is 9.37. The molecule has 82 valence electrons. The van der Waals surface area contributed by atoms with Crippen molar-refractivity contribution in [3.8, 4) is 0 Å². The van der Waals surface area contributed by atoms with Crippen LogP contribution in [-0.4, -0.2) is 17.6 Å². The molecule has 1 aromatic rings. The summed E-state index contributed by atoms with van der Waals surface area (Å²) in [4.78, 5) is 11.7. The van der Waals surface area contributed by atoms with Gasteiger partial charge in [0, 0.05) is 5.69 Å². The molecule has 0 aliphatic carbocycles. The summed E-state index contributed by atoms with van der Waals surface area (Å²) < 4.78 is 0. The first-order chi connectivity index (χ1) is 6.95. The van der Waals surface area contributed by atoms with Crippen LogP contribution in [0.5, 0.6) is 0 Å². The molecule has 1 aromatic carbocycles. The topological polar surface area (TPSA) is 49.3 Å². The molecule has 0 bridgehead atoms. The molecular weight excluding hydrogens is 190 g/mol. The fourth-order valence-corrected chi connectivity index (χ4v) is 1.01. The van der Waals surface area contributed by atoms with E-state index in [1.807, 2.05) is 31.2 Å². The van der Waals surface area contributed by atoms with E-state index in [0.29, 0.717) is 0 Å². The SMILES string of the molecule is Cc1ccc(NC(=O)C(C)(C)CO)cc1. The van der Waals surface area contributed by atoms with Crippen molar-refractivity contribution in [1.82, 2.24) is 0 Å². The van der Waals surface area contributed by atoms with E-state index in [-0.39, 0.29) is 12.5 Å². The summed E-state index contributed by atoms with van der Waals surface area (Å²) in [5, 5.41) is 11.8. The maximum atomic E-state index is 11.7. The number of carbonyl (C=O) groups is 1. The van der Waals surface area contributed by atoms with Gasteiger partial charge in [0.2, 0.25) is 5.91 Å². The minimum absolute atomic E-state index is 0.162. The fourth-order valence-electron chi connectivity index (χ4n) is 1.01. The summed E-state index contributed by atoms with van der Waals surface area (Å²) in [5.74, 6) is -0.172. The first-order valence-corrected chi connectivity index (χ1v) is 4.95. The zero-order chi connectivity index (χ0) is 11.5. The Labute approximate surface area is 90.1 Å². The van der Waals surface area contributed by atoms with Gasteiger partial charge in [-0.25, -0.2) is 0 Å². The number of benzene rings is 1. The van der Waals surface area contributed by atoms with Crippen molar-refractivity contribution >= 4 is 11.6 Å². The molecule has 0 radical (unpaired) electrons. The molecule has 0 saturated heterocycles. The van der Waals surface area contributed by atoms with Crippen LogP contribution in [-0.2, 0) is 4.79 Å². The molecule has 0 saturated carbocycles. The van der Waals surface area contributed by atoms with Crippen molar-refractivity contribution in [3.63, 3.8) is 0 Å². The second-order valence-corrected chi connectivity index (χ2v) is 4.36. The Kier molecular flexibility index (Phi) is 3.48. The average molecular weight is 207 g/mol. The van der Waals surface area contributed by atoms with Crippen molar-refractivity contribution < 1.29 is 9.90 Å². The van der Waals surface area contributed by atoms with Crippen LogP contribution >= 0.6 is 0 Å². The molecule has 3 heteroatoms. The van der Waals surface area contributed by atoms with Crippen LogP contribution in [0.1, 0.15) is 19.4 Å². The summed E-state index contributed by atoms with van der Waals surface area (Å²) in [7, 11) is 0. The molecule has 0 fully saturated rings. The third-order valence-corrected chi connectivity index (χ3v) is 2.32. The largest absolute Gasteiger partial charge is 0.395 e. The number of carbonyl (C=O) groups excluding carboxylic acids is 1. The first-order valence-electron chi connectivity index (χ1n) is 4.95. The van der Waals surface area contributed by atoms with Crippen LogP contribution in [0.4, 0.5) is 5.69 Å². The molecule has 0 heterocycles. The number of rotatable bonds is 3. The predicted molar refractivity (Wildman–Crippen MR) is 60.7 cm³/mol. The highest BCUT2D eigenvalue weighted by atomic mass is 16.3. The number of aliphatic hydroxyl groups is 1. The van der Waals surface area contributed by atoms with Crippen molar-refractivity contribution in [2.24, 2.45) is 5.41 Å². The molecule has 0 aliphatic heterocycles. The fraction of sp³-hybridized carbons (Fsp3) is 0.417. The lowest BCUT2D eigenvalue weighted by atomic mass is 9.93. The average Bonchev–Trinajstić information content (AvgIpc) is 2.21. The highest BCUT2D eigenvalue weighted by Crippen LogP contribution is 2.17. The third kappa shape index (κ3) is 3.06. The summed E-state index contributed by atoms with van der Waals surface area (Å²) in [6.07, 6.45) is 0. The van der Waals surface area contributed by atoms with E-state index < -0.39 is 5.41 Å². The van der Waals surface area contributed by atoms with Crippen molar-refractivity contribution in [1.29, 1.82) is 0 Å². The van der Waals surface area contributed by atoms with Crippen LogP contribution in [0.15, 0.2) is 24.3 Å². The summed E-state index contributed by atoms with van der Waals surface area (Å²) in [5.41, 5.74) is 1.16. The van der Waals surface area contributed by atoms with Gasteiger partial charge in [-0.05, 0) is 32.9 Å². The Hall–Kier alpha value is -1.35. The van der Waals surface area contributed by atoms with Crippen LogP contribution in [0.25, 0.3) is 0 Å². The van der Waals surface area contributed by atoms with Gasteiger partial charge in [0.25, 0.3) is 0 Å². The van der Waals surface area contributed by atoms with Crippen LogP contribution in [0.2, 0.25) is 0 Å². The highest BCUT2D eigenvalue weighted by Gasteiger charge is 2.26. The number of aryl methyl sites for hydroxylation is 1. The lowest BCUT2D eigenvalue weighted by molar-refractivity contribution is -0.125. The second kappa shape index (κ2) is 4.45. The zero-order valence-electron chi connectivity index (χ0n) is 9.37. The van der Waals surface area contributed by atoms with Gasteiger partial charge in [-0.1, -0.05) is 17.7 Å². The first kappa shape index (κ1) is 11.7. The smallest absolute Gasteiger partial charge is 0.232 e. The molecule has 1 rings (SSSR count). The molecule has 0 atom stereocenters. The monoisotopic (exact) mass is 207 g/mol. The molecule has 2 N–H and O–H groups in total.